The Balaban J connectivity index is 1.98. The Labute approximate surface area is 123 Å². The predicted molar refractivity (Wildman–Crippen MR) is 77.7 cm³/mol. The van der Waals surface area contributed by atoms with Gasteiger partial charge in [0, 0.05) is 25.2 Å². The van der Waals surface area contributed by atoms with E-state index in [1.165, 1.54) is 18.2 Å². The smallest absolute Gasteiger partial charge is 0.269 e. The Morgan fingerprint density at radius 2 is 1.95 bits per heavy atom. The molecule has 0 amide bonds. The number of nitro groups is 1. The molecule has 0 atom stereocenters. The van der Waals surface area contributed by atoms with Crippen molar-refractivity contribution in [3.8, 4) is 0 Å². The van der Waals surface area contributed by atoms with Crippen molar-refractivity contribution >= 4 is 21.6 Å². The molecular weight excluding hydrogens is 327 g/mol. The molecular formula is C14H12BrFN2O2. The lowest BCUT2D eigenvalue weighted by atomic mass is 10.2. The molecule has 0 radical (unpaired) electrons. The number of benzene rings is 2. The maximum absolute atomic E-state index is 13.3. The van der Waals surface area contributed by atoms with Crippen molar-refractivity contribution in [1.82, 2.24) is 5.32 Å². The van der Waals surface area contributed by atoms with Gasteiger partial charge in [0.2, 0.25) is 0 Å². The molecule has 0 aliphatic heterocycles. The van der Waals surface area contributed by atoms with E-state index < -0.39 is 4.92 Å². The second-order valence-electron chi connectivity index (χ2n) is 4.24. The van der Waals surface area contributed by atoms with Crippen LogP contribution in [0.3, 0.4) is 0 Å². The van der Waals surface area contributed by atoms with Crippen molar-refractivity contribution < 1.29 is 9.31 Å². The minimum absolute atomic E-state index is 0.0660. The maximum Gasteiger partial charge on any atom is 0.269 e. The predicted octanol–water partition coefficient (Wildman–Crippen LogP) is 3.79. The zero-order valence-corrected chi connectivity index (χ0v) is 12.1. The highest BCUT2D eigenvalue weighted by Crippen LogP contribution is 2.20. The van der Waals surface area contributed by atoms with Crippen molar-refractivity contribution in [1.29, 1.82) is 0 Å². The lowest BCUT2D eigenvalue weighted by Gasteiger charge is -2.07. The summed E-state index contributed by atoms with van der Waals surface area (Å²) < 4.78 is 13.8. The largest absolute Gasteiger partial charge is 0.309 e. The lowest BCUT2D eigenvalue weighted by molar-refractivity contribution is -0.384. The summed E-state index contributed by atoms with van der Waals surface area (Å²) >= 11 is 3.19. The van der Waals surface area contributed by atoms with Gasteiger partial charge in [-0.1, -0.05) is 24.3 Å². The number of nitrogens with zero attached hydrogens (tertiary/aromatic N) is 1. The van der Waals surface area contributed by atoms with Crippen LogP contribution in [-0.4, -0.2) is 4.92 Å². The van der Waals surface area contributed by atoms with Crippen LogP contribution < -0.4 is 5.32 Å². The zero-order valence-electron chi connectivity index (χ0n) is 10.5. The summed E-state index contributed by atoms with van der Waals surface area (Å²) in [5, 5.41) is 13.8. The molecule has 4 nitrogen and oxygen atoms in total. The number of halogens is 2. The molecule has 0 bridgehead atoms. The first-order valence-corrected chi connectivity index (χ1v) is 6.74. The van der Waals surface area contributed by atoms with Crippen LogP contribution in [0.2, 0.25) is 0 Å². The van der Waals surface area contributed by atoms with Gasteiger partial charge in [-0.05, 0) is 33.1 Å². The Kier molecular flexibility index (Phi) is 4.81. The van der Waals surface area contributed by atoms with E-state index >= 15 is 0 Å². The summed E-state index contributed by atoms with van der Waals surface area (Å²) in [7, 11) is 0. The molecule has 6 heteroatoms. The van der Waals surface area contributed by atoms with Gasteiger partial charge < -0.3 is 5.32 Å². The minimum Gasteiger partial charge on any atom is -0.309 e. The Bertz CT molecular complexity index is 634. The summed E-state index contributed by atoms with van der Waals surface area (Å²) in [6, 6.07) is 11.3. The highest BCUT2D eigenvalue weighted by Gasteiger charge is 2.07. The van der Waals surface area contributed by atoms with E-state index in [-0.39, 0.29) is 11.5 Å². The Hall–Kier alpha value is -1.79. The highest BCUT2D eigenvalue weighted by atomic mass is 79.9. The molecule has 0 aliphatic rings. The molecule has 20 heavy (non-hydrogen) atoms. The number of nitrogens with one attached hydrogen (secondary N) is 1. The van der Waals surface area contributed by atoms with Crippen LogP contribution in [0.1, 0.15) is 11.1 Å². The van der Waals surface area contributed by atoms with E-state index in [2.05, 4.69) is 21.2 Å². The average Bonchev–Trinajstić information content (AvgIpc) is 2.44. The maximum atomic E-state index is 13.3. The molecule has 2 rings (SSSR count). The van der Waals surface area contributed by atoms with Crippen LogP contribution in [0, 0.1) is 15.9 Å². The molecule has 0 saturated carbocycles. The molecule has 2 aromatic carbocycles. The van der Waals surface area contributed by atoms with Crippen LogP contribution in [0.25, 0.3) is 0 Å². The first kappa shape index (κ1) is 14.6. The van der Waals surface area contributed by atoms with Gasteiger partial charge in [0.15, 0.2) is 0 Å². The van der Waals surface area contributed by atoms with Gasteiger partial charge in [0.25, 0.3) is 5.69 Å². The molecule has 0 heterocycles. The third kappa shape index (κ3) is 3.61. The number of hydrogen-bond acceptors (Lipinski definition) is 3. The highest BCUT2D eigenvalue weighted by molar-refractivity contribution is 9.10. The van der Waals surface area contributed by atoms with E-state index in [0.717, 1.165) is 11.1 Å². The number of nitro benzene ring substituents is 1. The topological polar surface area (TPSA) is 55.2 Å². The van der Waals surface area contributed by atoms with Gasteiger partial charge in [-0.15, -0.1) is 0 Å². The van der Waals surface area contributed by atoms with Gasteiger partial charge in [-0.2, -0.15) is 0 Å². The number of hydrogen-bond donors (Lipinski definition) is 1. The third-order valence-electron chi connectivity index (χ3n) is 2.80. The molecule has 0 saturated heterocycles. The van der Waals surface area contributed by atoms with Gasteiger partial charge in [0.05, 0.1) is 9.40 Å². The van der Waals surface area contributed by atoms with Crippen LogP contribution in [-0.2, 0) is 13.1 Å². The van der Waals surface area contributed by atoms with E-state index in [9.17, 15) is 14.5 Å². The molecule has 1 N–H and O–H groups in total. The summed E-state index contributed by atoms with van der Waals surface area (Å²) in [6.07, 6.45) is 0. The fraction of sp³-hybridized carbons (Fsp3) is 0.143. The van der Waals surface area contributed by atoms with Crippen LogP contribution >= 0.6 is 15.9 Å². The van der Waals surface area contributed by atoms with Gasteiger partial charge >= 0.3 is 0 Å². The molecule has 0 aliphatic carbocycles. The fourth-order valence-corrected chi connectivity index (χ4v) is 2.21. The molecule has 104 valence electrons. The fourth-order valence-electron chi connectivity index (χ4n) is 1.81. The van der Waals surface area contributed by atoms with Crippen LogP contribution in [0.15, 0.2) is 46.9 Å². The zero-order chi connectivity index (χ0) is 14.5. The van der Waals surface area contributed by atoms with Crippen molar-refractivity contribution in [2.45, 2.75) is 13.1 Å². The van der Waals surface area contributed by atoms with Crippen LogP contribution in [0.4, 0.5) is 10.1 Å². The van der Waals surface area contributed by atoms with Gasteiger partial charge in [0.1, 0.15) is 5.82 Å². The number of non-ortho nitro benzene ring substituents is 1. The van der Waals surface area contributed by atoms with Gasteiger partial charge in [-0.25, -0.2) is 4.39 Å². The molecule has 0 aromatic heterocycles. The second kappa shape index (κ2) is 6.58. The summed E-state index contributed by atoms with van der Waals surface area (Å²) in [4.78, 5) is 10.2. The molecule has 0 unspecified atom stereocenters. The standard InChI is InChI=1S/C14H12BrFN2O2/c15-14-11(4-2-6-13(14)16)9-17-8-10-3-1-5-12(7-10)18(19)20/h1-7,17H,8-9H2. The third-order valence-corrected chi connectivity index (χ3v) is 3.69. The lowest BCUT2D eigenvalue weighted by Crippen LogP contribution is -2.13. The van der Waals surface area contributed by atoms with Crippen molar-refractivity contribution in [3.05, 3.63) is 74.0 Å². The normalized spacial score (nSPS) is 10.5. The average molecular weight is 339 g/mol. The summed E-state index contributed by atoms with van der Waals surface area (Å²) in [5.41, 5.74) is 1.68. The molecule has 0 spiro atoms. The Morgan fingerprint density at radius 1 is 1.20 bits per heavy atom. The quantitative estimate of drug-likeness (QED) is 0.666. The Morgan fingerprint density at radius 3 is 2.70 bits per heavy atom. The first-order chi connectivity index (χ1) is 9.58. The number of rotatable bonds is 5. The minimum atomic E-state index is -0.424. The van der Waals surface area contributed by atoms with Crippen molar-refractivity contribution in [2.75, 3.05) is 0 Å². The summed E-state index contributed by atoms with van der Waals surface area (Å²) in [6.45, 7) is 0.950. The van der Waals surface area contributed by atoms with E-state index in [1.807, 2.05) is 6.07 Å². The van der Waals surface area contributed by atoms with Crippen molar-refractivity contribution in [3.63, 3.8) is 0 Å². The van der Waals surface area contributed by atoms with E-state index in [0.29, 0.717) is 17.6 Å². The second-order valence-corrected chi connectivity index (χ2v) is 5.04. The monoisotopic (exact) mass is 338 g/mol. The SMILES string of the molecule is O=[N+]([O-])c1cccc(CNCc2cccc(F)c2Br)c1. The van der Waals surface area contributed by atoms with Gasteiger partial charge in [-0.3, -0.25) is 10.1 Å². The summed E-state index contributed by atoms with van der Waals surface area (Å²) in [5.74, 6) is -0.306. The molecule has 0 fully saturated rings. The van der Waals surface area contributed by atoms with E-state index in [1.54, 1.807) is 18.2 Å². The van der Waals surface area contributed by atoms with Crippen molar-refractivity contribution in [2.24, 2.45) is 0 Å². The van der Waals surface area contributed by atoms with E-state index in [4.69, 9.17) is 0 Å². The van der Waals surface area contributed by atoms with Crippen LogP contribution in [0.5, 0.6) is 0 Å². The molecule has 2 aromatic rings. The first-order valence-electron chi connectivity index (χ1n) is 5.95.